The monoisotopic (exact) mass is 315 g/mol. The number of benzene rings is 1. The van der Waals surface area contributed by atoms with E-state index in [9.17, 15) is 9.18 Å². The summed E-state index contributed by atoms with van der Waals surface area (Å²) in [6, 6.07) is 4.37. The number of rotatable bonds is 3. The van der Waals surface area contributed by atoms with E-state index in [-0.39, 0.29) is 12.1 Å². The van der Waals surface area contributed by atoms with E-state index in [1.807, 2.05) is 0 Å². The maximum atomic E-state index is 13.5. The van der Waals surface area contributed by atoms with E-state index < -0.39 is 11.7 Å². The van der Waals surface area contributed by atoms with Crippen LogP contribution in [0.15, 0.2) is 34.7 Å². The molecule has 0 fully saturated rings. The first kappa shape index (κ1) is 12.9. The van der Waals surface area contributed by atoms with Crippen molar-refractivity contribution < 1.29 is 18.7 Å². The molecule has 1 aromatic rings. The van der Waals surface area contributed by atoms with Gasteiger partial charge in [-0.2, -0.15) is 0 Å². The Kier molecular flexibility index (Phi) is 4.19. The van der Waals surface area contributed by atoms with Crippen LogP contribution in [0, 0.1) is 5.82 Å². The number of hydrogen-bond acceptors (Lipinski definition) is 3. The third-order valence-corrected chi connectivity index (χ3v) is 2.98. The molecule has 0 unspecified atom stereocenters. The van der Waals surface area contributed by atoms with E-state index in [0.29, 0.717) is 23.4 Å². The quantitative estimate of drug-likeness (QED) is 0.930. The van der Waals surface area contributed by atoms with E-state index in [1.54, 1.807) is 6.07 Å². The van der Waals surface area contributed by atoms with Gasteiger partial charge in [-0.25, -0.2) is 4.39 Å². The molecule has 0 radical (unpaired) electrons. The summed E-state index contributed by atoms with van der Waals surface area (Å²) in [5.41, 5.74) is -0.0187. The summed E-state index contributed by atoms with van der Waals surface area (Å²) < 4.78 is 24.2. The van der Waals surface area contributed by atoms with Gasteiger partial charge in [0.05, 0.1) is 12.1 Å². The van der Waals surface area contributed by atoms with Crippen molar-refractivity contribution in [3.05, 3.63) is 46.1 Å². The second-order valence-electron chi connectivity index (χ2n) is 3.58. The molecule has 0 atom stereocenters. The van der Waals surface area contributed by atoms with Crippen molar-refractivity contribution in [1.29, 1.82) is 0 Å². The fraction of sp³-hybridized carbons (Fsp3) is 0.250. The fourth-order valence-electron chi connectivity index (χ4n) is 1.47. The topological polar surface area (TPSA) is 47.6 Å². The lowest BCUT2D eigenvalue weighted by molar-refractivity contribution is 0.0774. The largest absolute Gasteiger partial charge is 0.494 e. The predicted octanol–water partition coefficient (Wildman–Crippen LogP) is 2.21. The van der Waals surface area contributed by atoms with Crippen molar-refractivity contribution in [3.63, 3.8) is 0 Å². The van der Waals surface area contributed by atoms with E-state index >= 15 is 0 Å². The Bertz CT molecular complexity index is 470. The van der Waals surface area contributed by atoms with Gasteiger partial charge in [-0.3, -0.25) is 4.79 Å². The molecule has 0 bridgehead atoms. The summed E-state index contributed by atoms with van der Waals surface area (Å²) in [7, 11) is 0. The van der Waals surface area contributed by atoms with Gasteiger partial charge in [0.2, 0.25) is 0 Å². The van der Waals surface area contributed by atoms with Crippen LogP contribution in [0.2, 0.25) is 0 Å². The van der Waals surface area contributed by atoms with Crippen molar-refractivity contribution in [3.8, 4) is 0 Å². The van der Waals surface area contributed by atoms with Gasteiger partial charge in [0, 0.05) is 4.47 Å². The number of nitrogens with one attached hydrogen (secondary N) is 1. The molecular formula is C12H11BrFNO3. The van der Waals surface area contributed by atoms with Gasteiger partial charge in [0.1, 0.15) is 31.1 Å². The van der Waals surface area contributed by atoms with Crippen molar-refractivity contribution in [1.82, 2.24) is 5.32 Å². The molecule has 0 saturated carbocycles. The van der Waals surface area contributed by atoms with Gasteiger partial charge in [-0.1, -0.05) is 6.07 Å². The summed E-state index contributed by atoms with van der Waals surface area (Å²) >= 11 is 3.14. The minimum atomic E-state index is -0.573. The highest BCUT2D eigenvalue weighted by Gasteiger charge is 2.16. The third kappa shape index (κ3) is 3.01. The number of amides is 1. The Morgan fingerprint density at radius 1 is 1.44 bits per heavy atom. The molecule has 6 heteroatoms. The second kappa shape index (κ2) is 5.86. The number of hydrogen-bond donors (Lipinski definition) is 1. The van der Waals surface area contributed by atoms with Gasteiger partial charge in [-0.15, -0.1) is 0 Å². The van der Waals surface area contributed by atoms with Crippen LogP contribution < -0.4 is 5.32 Å². The molecule has 1 aliphatic heterocycles. The lowest BCUT2D eigenvalue weighted by Crippen LogP contribution is -2.28. The number of carbonyl (C=O) groups is 1. The summed E-state index contributed by atoms with van der Waals surface area (Å²) in [5, 5.41) is 2.57. The molecule has 96 valence electrons. The summed E-state index contributed by atoms with van der Waals surface area (Å²) in [6.45, 7) is 1.11. The van der Waals surface area contributed by atoms with Crippen LogP contribution in [0.25, 0.3) is 0 Å². The van der Waals surface area contributed by atoms with Crippen molar-refractivity contribution >= 4 is 21.8 Å². The first-order chi connectivity index (χ1) is 8.68. The number of halogens is 2. The normalized spacial score (nSPS) is 14.2. The lowest BCUT2D eigenvalue weighted by Gasteiger charge is -2.16. The molecule has 0 aliphatic carbocycles. The van der Waals surface area contributed by atoms with E-state index in [0.717, 1.165) is 0 Å². The minimum Gasteiger partial charge on any atom is -0.494 e. The van der Waals surface area contributed by atoms with Gasteiger partial charge in [-0.05, 0) is 28.1 Å². The number of ether oxygens (including phenoxy) is 2. The summed E-state index contributed by atoms with van der Waals surface area (Å²) in [4.78, 5) is 11.8. The summed E-state index contributed by atoms with van der Waals surface area (Å²) in [6.07, 6.45) is 1.44. The van der Waals surface area contributed by atoms with Crippen LogP contribution in [0.4, 0.5) is 4.39 Å². The van der Waals surface area contributed by atoms with Gasteiger partial charge in [0.25, 0.3) is 5.91 Å². The molecule has 1 amide bonds. The highest BCUT2D eigenvalue weighted by Crippen LogP contribution is 2.19. The Hall–Kier alpha value is -1.56. The molecular weight excluding hydrogens is 305 g/mol. The highest BCUT2D eigenvalue weighted by molar-refractivity contribution is 9.10. The molecule has 1 N–H and O–H groups in total. The maximum Gasteiger partial charge on any atom is 0.255 e. The standard InChI is InChI=1S/C12H11BrFNO3/c13-9-2-1-3-10(14)11(9)12(16)15-6-8-7-17-4-5-18-8/h1-3,7H,4-6H2,(H,15,16). The van der Waals surface area contributed by atoms with Crippen LogP contribution in [0.3, 0.4) is 0 Å². The zero-order chi connectivity index (χ0) is 13.0. The van der Waals surface area contributed by atoms with Crippen molar-refractivity contribution in [2.45, 2.75) is 0 Å². The molecule has 18 heavy (non-hydrogen) atoms. The molecule has 2 rings (SSSR count). The minimum absolute atomic E-state index is 0.0187. The molecule has 0 spiro atoms. The van der Waals surface area contributed by atoms with Crippen LogP contribution in [0.1, 0.15) is 10.4 Å². The van der Waals surface area contributed by atoms with Crippen LogP contribution in [0.5, 0.6) is 0 Å². The Labute approximate surface area is 112 Å². The summed E-state index contributed by atoms with van der Waals surface area (Å²) in [5.74, 6) is -0.561. The smallest absolute Gasteiger partial charge is 0.255 e. The van der Waals surface area contributed by atoms with E-state index in [2.05, 4.69) is 21.2 Å². The van der Waals surface area contributed by atoms with Crippen LogP contribution >= 0.6 is 15.9 Å². The second-order valence-corrected chi connectivity index (χ2v) is 4.44. The average Bonchev–Trinajstić information content (AvgIpc) is 2.37. The fourth-order valence-corrected chi connectivity index (χ4v) is 1.99. The van der Waals surface area contributed by atoms with E-state index in [1.165, 1.54) is 18.4 Å². The molecule has 0 aromatic heterocycles. The SMILES string of the molecule is O=C(NCC1=COCCO1)c1c(F)cccc1Br. The van der Waals surface area contributed by atoms with Gasteiger partial charge < -0.3 is 14.8 Å². The van der Waals surface area contributed by atoms with Crippen molar-refractivity contribution in [2.24, 2.45) is 0 Å². The Morgan fingerprint density at radius 2 is 2.28 bits per heavy atom. The van der Waals surface area contributed by atoms with Gasteiger partial charge >= 0.3 is 0 Å². The first-order valence-electron chi connectivity index (χ1n) is 5.34. The van der Waals surface area contributed by atoms with Crippen LogP contribution in [-0.4, -0.2) is 25.7 Å². The third-order valence-electron chi connectivity index (χ3n) is 2.32. The molecule has 1 aliphatic rings. The van der Waals surface area contributed by atoms with Crippen LogP contribution in [-0.2, 0) is 9.47 Å². The van der Waals surface area contributed by atoms with Gasteiger partial charge in [0.15, 0.2) is 0 Å². The van der Waals surface area contributed by atoms with Crippen molar-refractivity contribution in [2.75, 3.05) is 19.8 Å². The molecule has 1 heterocycles. The van der Waals surface area contributed by atoms with E-state index in [4.69, 9.17) is 9.47 Å². The Balaban J connectivity index is 2.01. The highest BCUT2D eigenvalue weighted by atomic mass is 79.9. The molecule has 0 saturated heterocycles. The molecule has 1 aromatic carbocycles. The Morgan fingerprint density at radius 3 is 2.94 bits per heavy atom. The predicted molar refractivity (Wildman–Crippen MR) is 66.4 cm³/mol. The lowest BCUT2D eigenvalue weighted by atomic mass is 10.2. The maximum absolute atomic E-state index is 13.5. The average molecular weight is 316 g/mol. The zero-order valence-electron chi connectivity index (χ0n) is 9.41. The zero-order valence-corrected chi connectivity index (χ0v) is 11.0. The number of carbonyl (C=O) groups excluding carboxylic acids is 1. The molecule has 4 nitrogen and oxygen atoms in total. The first-order valence-corrected chi connectivity index (χ1v) is 6.13.